The number of H-pyrrole nitrogens is 1. The fraction of sp³-hybridized carbons (Fsp3) is 0.167. The molecule has 1 aromatic heterocycles. The number of hydrogen-bond acceptors (Lipinski definition) is 2. The summed E-state index contributed by atoms with van der Waals surface area (Å²) in [5, 5.41) is 10.5. The van der Waals surface area contributed by atoms with E-state index in [1.165, 1.54) is 19.4 Å². The van der Waals surface area contributed by atoms with Gasteiger partial charge < -0.3 is 9.72 Å². The first-order valence-electron chi connectivity index (χ1n) is 2.68. The lowest BCUT2D eigenvalue weighted by Gasteiger charge is -1.91. The summed E-state index contributed by atoms with van der Waals surface area (Å²) < 4.78 is 4.34. The van der Waals surface area contributed by atoms with Gasteiger partial charge in [-0.25, -0.2) is 4.79 Å². The summed E-state index contributed by atoms with van der Waals surface area (Å²) >= 11 is 0. The zero-order valence-electron chi connectivity index (χ0n) is 5.38. The number of rotatable bonds is 1. The molecule has 0 atom stereocenters. The van der Waals surface area contributed by atoms with E-state index in [2.05, 4.69) is 9.72 Å². The van der Waals surface area contributed by atoms with Gasteiger partial charge in [0.2, 0.25) is 0 Å². The monoisotopic (exact) mass is 140 g/mol. The van der Waals surface area contributed by atoms with Gasteiger partial charge in [-0.15, -0.1) is 0 Å². The smallest absolute Gasteiger partial charge is 0.354 e. The van der Waals surface area contributed by atoms with E-state index in [1.807, 2.05) is 0 Å². The summed E-state index contributed by atoms with van der Waals surface area (Å²) in [6, 6.07) is 1.19. The van der Waals surface area contributed by atoms with E-state index < -0.39 is 5.97 Å². The Kier molecular flexibility index (Phi) is 1.62. The molecule has 1 N–H and O–H groups in total. The third-order valence-corrected chi connectivity index (χ3v) is 1.06. The lowest BCUT2D eigenvalue weighted by Crippen LogP contribution is -2.00. The van der Waals surface area contributed by atoms with E-state index in [0.717, 1.165) is 0 Å². The molecular weight excluding hydrogens is 134 g/mol. The maximum absolute atomic E-state index is 10.6. The molecule has 53 valence electrons. The third-order valence-electron chi connectivity index (χ3n) is 1.06. The minimum Gasteiger partial charge on any atom is -0.464 e. The van der Waals surface area contributed by atoms with E-state index in [0.29, 0.717) is 0 Å². The largest absolute Gasteiger partial charge is 0.464 e. The van der Waals surface area contributed by atoms with Crippen molar-refractivity contribution in [3.05, 3.63) is 18.0 Å². The molecule has 0 spiro atoms. The van der Waals surface area contributed by atoms with Crippen molar-refractivity contribution in [3.63, 3.8) is 0 Å². The maximum Gasteiger partial charge on any atom is 0.354 e. The summed E-state index contributed by atoms with van der Waals surface area (Å²) in [5.41, 5.74) is 0.188. The van der Waals surface area contributed by atoms with Crippen LogP contribution in [0.2, 0.25) is 0 Å². The lowest BCUT2D eigenvalue weighted by atomic mass is 10.4. The topological polar surface area (TPSA) is 62.0 Å². The highest BCUT2D eigenvalue weighted by atomic mass is 16.5. The second-order valence-electron chi connectivity index (χ2n) is 1.74. The van der Waals surface area contributed by atoms with Crippen LogP contribution in [0.5, 0.6) is 5.75 Å². The predicted octanol–water partition coefficient (Wildman–Crippen LogP) is 0.945. The first kappa shape index (κ1) is 6.67. The molecule has 4 heteroatoms. The van der Waals surface area contributed by atoms with Crippen LogP contribution in [0.4, 0.5) is 0 Å². The lowest BCUT2D eigenvalue weighted by molar-refractivity contribution is 0.0594. The molecule has 0 amide bonds. The highest BCUT2D eigenvalue weighted by Crippen LogP contribution is 2.10. The molecule has 1 rings (SSSR count). The highest BCUT2D eigenvalue weighted by molar-refractivity contribution is 5.87. The maximum atomic E-state index is 10.6. The predicted molar refractivity (Wildman–Crippen MR) is 32.3 cm³/mol. The van der Waals surface area contributed by atoms with E-state index in [1.54, 1.807) is 0 Å². The summed E-state index contributed by atoms with van der Waals surface area (Å²) in [6.45, 7) is 0. The average molecular weight is 140 g/mol. The second-order valence-corrected chi connectivity index (χ2v) is 1.74. The van der Waals surface area contributed by atoms with Crippen LogP contribution in [0, 0.1) is 0 Å². The molecular formula is C6H6NO3. The Bertz CT molecular complexity index is 241. The Morgan fingerprint density at radius 1 is 1.70 bits per heavy atom. The number of ether oxygens (including phenoxy) is 1. The van der Waals surface area contributed by atoms with Crippen LogP contribution in [0.25, 0.3) is 0 Å². The number of hydrogen-bond donors (Lipinski definition) is 1. The Morgan fingerprint density at radius 2 is 2.40 bits per heavy atom. The molecule has 0 saturated carbocycles. The van der Waals surface area contributed by atoms with Crippen LogP contribution in [0.15, 0.2) is 12.3 Å². The van der Waals surface area contributed by atoms with Gasteiger partial charge in [0.1, 0.15) is 5.69 Å². The van der Waals surface area contributed by atoms with Crippen LogP contribution >= 0.6 is 0 Å². The van der Waals surface area contributed by atoms with Crippen LogP contribution < -0.4 is 0 Å². The fourth-order valence-corrected chi connectivity index (χ4v) is 0.602. The molecule has 0 fully saturated rings. The van der Waals surface area contributed by atoms with Crippen LogP contribution in [0.3, 0.4) is 0 Å². The molecule has 0 aliphatic rings. The molecule has 10 heavy (non-hydrogen) atoms. The van der Waals surface area contributed by atoms with Crippen molar-refractivity contribution in [2.75, 3.05) is 7.11 Å². The van der Waals surface area contributed by atoms with Gasteiger partial charge in [0, 0.05) is 12.3 Å². The van der Waals surface area contributed by atoms with Gasteiger partial charge >= 0.3 is 5.97 Å². The molecule has 4 nitrogen and oxygen atoms in total. The SMILES string of the molecule is COC(=O)c1cc([O])c[nH]1. The highest BCUT2D eigenvalue weighted by Gasteiger charge is 2.07. The first-order valence-corrected chi connectivity index (χ1v) is 2.68. The normalized spacial score (nSPS) is 9.30. The Morgan fingerprint density at radius 3 is 2.80 bits per heavy atom. The van der Waals surface area contributed by atoms with E-state index in [-0.39, 0.29) is 11.4 Å². The van der Waals surface area contributed by atoms with Gasteiger partial charge in [-0.1, -0.05) is 0 Å². The number of methoxy groups -OCH3 is 1. The number of carbonyl (C=O) groups excluding carboxylic acids is 1. The van der Waals surface area contributed by atoms with Crippen molar-refractivity contribution >= 4 is 5.97 Å². The molecule has 0 saturated heterocycles. The number of esters is 1. The first-order chi connectivity index (χ1) is 4.74. The minimum absolute atomic E-state index is 0.188. The van der Waals surface area contributed by atoms with Crippen molar-refractivity contribution in [3.8, 4) is 5.75 Å². The molecule has 0 aliphatic carbocycles. The van der Waals surface area contributed by atoms with Crippen molar-refractivity contribution in [1.29, 1.82) is 0 Å². The molecule has 0 aliphatic heterocycles. The molecule has 1 heterocycles. The summed E-state index contributed by atoms with van der Waals surface area (Å²) in [4.78, 5) is 13.1. The van der Waals surface area contributed by atoms with Gasteiger partial charge in [0.05, 0.1) is 7.11 Å². The summed E-state index contributed by atoms with van der Waals surface area (Å²) in [6.07, 6.45) is 1.20. The number of nitrogens with one attached hydrogen (secondary N) is 1. The molecule has 0 unspecified atom stereocenters. The quantitative estimate of drug-likeness (QED) is 0.590. The molecule has 0 aromatic carbocycles. The molecule has 0 bridgehead atoms. The summed E-state index contributed by atoms with van der Waals surface area (Å²) in [7, 11) is 1.26. The van der Waals surface area contributed by atoms with Gasteiger partial charge in [0.15, 0.2) is 5.75 Å². The second kappa shape index (κ2) is 2.43. The van der Waals surface area contributed by atoms with E-state index >= 15 is 0 Å². The Balaban J connectivity index is 2.85. The zero-order chi connectivity index (χ0) is 7.56. The third kappa shape index (κ3) is 1.10. The standard InChI is InChI=1S/C6H6NO3/c1-10-6(9)5-2-4(8)3-7-5/h2-3,7H,1H3. The summed E-state index contributed by atoms with van der Waals surface area (Å²) in [5.74, 6) is -0.748. The van der Waals surface area contributed by atoms with Crippen molar-refractivity contribution in [2.24, 2.45) is 0 Å². The zero-order valence-corrected chi connectivity index (χ0v) is 5.38. The minimum atomic E-state index is -0.526. The van der Waals surface area contributed by atoms with Crippen molar-refractivity contribution < 1.29 is 14.6 Å². The fourth-order valence-electron chi connectivity index (χ4n) is 0.602. The van der Waals surface area contributed by atoms with Gasteiger partial charge in [0.25, 0.3) is 0 Å². The number of carbonyl (C=O) groups is 1. The van der Waals surface area contributed by atoms with Crippen LogP contribution in [-0.4, -0.2) is 18.1 Å². The van der Waals surface area contributed by atoms with Gasteiger partial charge in [-0.3, -0.25) is 5.11 Å². The van der Waals surface area contributed by atoms with Crippen LogP contribution in [-0.2, 0) is 9.84 Å². The molecule has 1 aromatic rings. The Labute approximate surface area is 57.4 Å². The number of aromatic nitrogens is 1. The average Bonchev–Trinajstić information content (AvgIpc) is 2.34. The van der Waals surface area contributed by atoms with E-state index in [9.17, 15) is 9.90 Å². The van der Waals surface area contributed by atoms with Crippen molar-refractivity contribution in [1.82, 2.24) is 4.98 Å². The van der Waals surface area contributed by atoms with Gasteiger partial charge in [-0.2, -0.15) is 0 Å². The van der Waals surface area contributed by atoms with E-state index in [4.69, 9.17) is 0 Å². The van der Waals surface area contributed by atoms with Crippen molar-refractivity contribution in [2.45, 2.75) is 0 Å². The number of aromatic amines is 1. The van der Waals surface area contributed by atoms with Crippen LogP contribution in [0.1, 0.15) is 10.5 Å². The van der Waals surface area contributed by atoms with Gasteiger partial charge in [-0.05, 0) is 0 Å². The Hall–Kier alpha value is -1.45. The molecule has 1 radical (unpaired) electrons.